The van der Waals surface area contributed by atoms with E-state index in [9.17, 15) is 19.2 Å². The Balaban J connectivity index is 1.59. The molecule has 1 aromatic carbocycles. The second kappa shape index (κ2) is 7.59. The monoisotopic (exact) mass is 390 g/mol. The molecular weight excluding hydrogens is 368 g/mol. The predicted molar refractivity (Wildman–Crippen MR) is 95.1 cm³/mol. The van der Waals surface area contributed by atoms with Crippen LogP contribution in [-0.4, -0.2) is 53.8 Å². The van der Waals surface area contributed by atoms with Gasteiger partial charge in [-0.3, -0.25) is 9.59 Å². The van der Waals surface area contributed by atoms with E-state index in [2.05, 4.69) is 5.32 Å². The van der Waals surface area contributed by atoms with Crippen LogP contribution in [-0.2, 0) is 19.1 Å². The number of benzene rings is 1. The second-order valence-electron chi connectivity index (χ2n) is 7.55. The van der Waals surface area contributed by atoms with Crippen molar-refractivity contribution in [2.24, 2.45) is 5.92 Å². The van der Waals surface area contributed by atoms with Gasteiger partial charge in [-0.1, -0.05) is 17.2 Å². The van der Waals surface area contributed by atoms with E-state index in [1.165, 1.54) is 12.1 Å². The topological polar surface area (TPSA) is 111 Å². The lowest BCUT2D eigenvalue weighted by Crippen LogP contribution is -2.42. The summed E-state index contributed by atoms with van der Waals surface area (Å²) >= 11 is 0. The number of alkyl carbamates (subject to hydrolysis) is 1. The van der Waals surface area contributed by atoms with Crippen molar-refractivity contribution < 1.29 is 33.5 Å². The van der Waals surface area contributed by atoms with Crippen molar-refractivity contribution >= 4 is 23.9 Å². The maximum Gasteiger partial charge on any atom is 0.407 e. The van der Waals surface area contributed by atoms with Crippen molar-refractivity contribution in [1.29, 1.82) is 0 Å². The van der Waals surface area contributed by atoms with Gasteiger partial charge in [0.25, 0.3) is 11.8 Å². The predicted octanol–water partition coefficient (Wildman–Crippen LogP) is 1.67. The molecule has 0 spiro atoms. The molecule has 150 valence electrons. The van der Waals surface area contributed by atoms with Gasteiger partial charge in [-0.25, -0.2) is 9.59 Å². The number of imide groups is 1. The first-order chi connectivity index (χ1) is 13.2. The van der Waals surface area contributed by atoms with Crippen molar-refractivity contribution in [2.75, 3.05) is 13.2 Å². The Morgan fingerprint density at radius 2 is 1.79 bits per heavy atom. The Morgan fingerprint density at radius 1 is 1.18 bits per heavy atom. The van der Waals surface area contributed by atoms with Gasteiger partial charge in [-0.05, 0) is 39.3 Å². The zero-order chi connectivity index (χ0) is 20.5. The number of hydrogen-bond donors (Lipinski definition) is 1. The molecule has 0 radical (unpaired) electrons. The SMILES string of the molecule is CC(C)(C)OC(=O)NCC1OCCC1C(=O)ON1C(=O)c2ccccc2C1=O. The van der Waals surface area contributed by atoms with Gasteiger partial charge in [0.15, 0.2) is 0 Å². The minimum Gasteiger partial charge on any atom is -0.444 e. The first-order valence-corrected chi connectivity index (χ1v) is 8.95. The van der Waals surface area contributed by atoms with Crippen molar-refractivity contribution in [3.05, 3.63) is 35.4 Å². The van der Waals surface area contributed by atoms with Crippen LogP contribution in [0.15, 0.2) is 24.3 Å². The highest BCUT2D eigenvalue weighted by Crippen LogP contribution is 2.26. The molecule has 2 aliphatic rings. The summed E-state index contributed by atoms with van der Waals surface area (Å²) in [7, 11) is 0. The number of hydrogen-bond acceptors (Lipinski definition) is 7. The van der Waals surface area contributed by atoms with Gasteiger partial charge >= 0.3 is 12.1 Å². The molecule has 9 heteroatoms. The average molecular weight is 390 g/mol. The first kappa shape index (κ1) is 19.8. The molecule has 0 aliphatic carbocycles. The Morgan fingerprint density at radius 3 is 2.36 bits per heavy atom. The molecule has 0 bridgehead atoms. The third-order valence-corrected chi connectivity index (χ3v) is 4.30. The third-order valence-electron chi connectivity index (χ3n) is 4.30. The molecule has 0 aromatic heterocycles. The number of hydroxylamine groups is 2. The Labute approximate surface area is 161 Å². The summed E-state index contributed by atoms with van der Waals surface area (Å²) in [6, 6.07) is 6.24. The number of nitrogens with zero attached hydrogens (tertiary/aromatic N) is 1. The number of rotatable bonds is 4. The van der Waals surface area contributed by atoms with E-state index < -0.39 is 41.5 Å². The van der Waals surface area contributed by atoms with Crippen LogP contribution in [0.4, 0.5) is 4.79 Å². The average Bonchev–Trinajstić information content (AvgIpc) is 3.18. The minimum absolute atomic E-state index is 0.0385. The fourth-order valence-corrected chi connectivity index (χ4v) is 3.03. The van der Waals surface area contributed by atoms with Gasteiger partial charge in [-0.15, -0.1) is 0 Å². The van der Waals surface area contributed by atoms with E-state index in [0.717, 1.165) is 0 Å². The standard InChI is InChI=1S/C19H22N2O7/c1-19(2,3)27-18(25)20-10-14-13(8-9-26-14)17(24)28-21-15(22)11-6-4-5-7-12(11)16(21)23/h4-7,13-14H,8-10H2,1-3H3,(H,20,25). The molecule has 1 aromatic rings. The molecule has 28 heavy (non-hydrogen) atoms. The van der Waals surface area contributed by atoms with Crippen LogP contribution >= 0.6 is 0 Å². The molecule has 3 amide bonds. The van der Waals surface area contributed by atoms with Gasteiger partial charge in [0, 0.05) is 13.2 Å². The quantitative estimate of drug-likeness (QED) is 0.779. The van der Waals surface area contributed by atoms with Crippen LogP contribution in [0.2, 0.25) is 0 Å². The van der Waals surface area contributed by atoms with Crippen LogP contribution in [0.3, 0.4) is 0 Å². The van der Waals surface area contributed by atoms with Crippen LogP contribution in [0, 0.1) is 5.92 Å². The van der Waals surface area contributed by atoms with Gasteiger partial charge < -0.3 is 19.6 Å². The summed E-state index contributed by atoms with van der Waals surface area (Å²) in [5.41, 5.74) is -0.276. The maximum absolute atomic E-state index is 12.5. The van der Waals surface area contributed by atoms with E-state index in [-0.39, 0.29) is 17.7 Å². The van der Waals surface area contributed by atoms with E-state index in [4.69, 9.17) is 14.3 Å². The number of carbonyl (C=O) groups excluding carboxylic acids is 4. The van der Waals surface area contributed by atoms with Gasteiger partial charge in [-0.2, -0.15) is 0 Å². The molecule has 3 rings (SSSR count). The number of carbonyl (C=O) groups is 4. The summed E-state index contributed by atoms with van der Waals surface area (Å²) in [6.07, 6.45) is -0.923. The molecule has 1 fully saturated rings. The van der Waals surface area contributed by atoms with Crippen molar-refractivity contribution in [3.8, 4) is 0 Å². The first-order valence-electron chi connectivity index (χ1n) is 8.95. The molecule has 2 aliphatic heterocycles. The van der Waals surface area contributed by atoms with Crippen molar-refractivity contribution in [2.45, 2.75) is 38.9 Å². The van der Waals surface area contributed by atoms with Crippen LogP contribution < -0.4 is 5.32 Å². The molecule has 1 saturated heterocycles. The largest absolute Gasteiger partial charge is 0.444 e. The maximum atomic E-state index is 12.5. The summed E-state index contributed by atoms with van der Waals surface area (Å²) in [5, 5.41) is 3.03. The molecule has 2 unspecified atom stereocenters. The van der Waals surface area contributed by atoms with Crippen LogP contribution in [0.5, 0.6) is 0 Å². The second-order valence-corrected chi connectivity index (χ2v) is 7.55. The lowest BCUT2D eigenvalue weighted by molar-refractivity contribution is -0.175. The fraction of sp³-hybridized carbons (Fsp3) is 0.474. The molecule has 2 atom stereocenters. The Kier molecular flexibility index (Phi) is 5.37. The lowest BCUT2D eigenvalue weighted by atomic mass is 10.0. The van der Waals surface area contributed by atoms with Crippen molar-refractivity contribution in [1.82, 2.24) is 10.4 Å². The summed E-state index contributed by atoms with van der Waals surface area (Å²) in [5.74, 6) is -2.85. The molecule has 0 saturated carbocycles. The number of fused-ring (bicyclic) bond motifs is 1. The number of amides is 3. The lowest BCUT2D eigenvalue weighted by Gasteiger charge is -2.22. The molecule has 1 N–H and O–H groups in total. The highest BCUT2D eigenvalue weighted by Gasteiger charge is 2.42. The van der Waals surface area contributed by atoms with Gasteiger partial charge in [0.2, 0.25) is 0 Å². The smallest absolute Gasteiger partial charge is 0.407 e. The Bertz CT molecular complexity index is 780. The van der Waals surface area contributed by atoms with Gasteiger partial charge in [0.1, 0.15) is 5.60 Å². The summed E-state index contributed by atoms with van der Waals surface area (Å²) in [4.78, 5) is 54.0. The molecule has 9 nitrogen and oxygen atoms in total. The van der Waals surface area contributed by atoms with E-state index in [1.807, 2.05) is 0 Å². The Hall–Kier alpha value is -2.94. The summed E-state index contributed by atoms with van der Waals surface area (Å²) < 4.78 is 10.6. The van der Waals surface area contributed by atoms with E-state index in [1.54, 1.807) is 32.9 Å². The zero-order valence-electron chi connectivity index (χ0n) is 15.9. The van der Waals surface area contributed by atoms with Gasteiger partial charge in [0.05, 0.1) is 23.1 Å². The number of ether oxygens (including phenoxy) is 2. The molecular formula is C19H22N2O7. The fourth-order valence-electron chi connectivity index (χ4n) is 3.03. The van der Waals surface area contributed by atoms with Crippen LogP contribution in [0.25, 0.3) is 0 Å². The van der Waals surface area contributed by atoms with Crippen LogP contribution in [0.1, 0.15) is 47.9 Å². The third kappa shape index (κ3) is 4.14. The summed E-state index contributed by atoms with van der Waals surface area (Å²) in [6.45, 7) is 5.54. The normalized spacial score (nSPS) is 21.5. The number of nitrogens with one attached hydrogen (secondary N) is 1. The molecule has 2 heterocycles. The highest BCUT2D eigenvalue weighted by molar-refractivity contribution is 6.20. The zero-order valence-corrected chi connectivity index (χ0v) is 15.9. The highest BCUT2D eigenvalue weighted by atomic mass is 16.7. The van der Waals surface area contributed by atoms with E-state index >= 15 is 0 Å². The van der Waals surface area contributed by atoms with E-state index in [0.29, 0.717) is 18.1 Å². The minimum atomic E-state index is -0.761. The van der Waals surface area contributed by atoms with Crippen molar-refractivity contribution in [3.63, 3.8) is 0 Å².